The van der Waals surface area contributed by atoms with Gasteiger partial charge in [0.25, 0.3) is 5.91 Å². The van der Waals surface area contributed by atoms with E-state index in [9.17, 15) is 9.59 Å². The first kappa shape index (κ1) is 16.8. The van der Waals surface area contributed by atoms with Gasteiger partial charge in [0.15, 0.2) is 5.69 Å². The second-order valence-electron chi connectivity index (χ2n) is 5.29. The van der Waals surface area contributed by atoms with Crippen LogP contribution in [0.4, 0.5) is 0 Å². The summed E-state index contributed by atoms with van der Waals surface area (Å²) in [7, 11) is 0. The van der Waals surface area contributed by atoms with Gasteiger partial charge in [-0.25, -0.2) is 0 Å². The van der Waals surface area contributed by atoms with Crippen LogP contribution in [0.5, 0.6) is 0 Å². The second-order valence-corrected chi connectivity index (χ2v) is 5.90. The Balaban J connectivity index is 1.64. The summed E-state index contributed by atoms with van der Waals surface area (Å²) in [6, 6.07) is 13.1. The first-order valence-corrected chi connectivity index (χ1v) is 8.45. The topological polar surface area (TPSA) is 88.3 Å². The number of furan rings is 1. The molecule has 0 saturated carbocycles. The molecule has 2 aromatic heterocycles. The number of carbonyl (C=O) groups excluding carboxylic acids is 2. The van der Waals surface area contributed by atoms with Crippen molar-refractivity contribution in [2.75, 3.05) is 6.54 Å². The lowest BCUT2D eigenvalue weighted by Crippen LogP contribution is -2.40. The third-order valence-corrected chi connectivity index (χ3v) is 3.96. The Morgan fingerprint density at radius 1 is 1.16 bits per heavy atom. The van der Waals surface area contributed by atoms with Gasteiger partial charge >= 0.3 is 0 Å². The number of amides is 2. The van der Waals surface area contributed by atoms with Crippen LogP contribution in [0.3, 0.4) is 0 Å². The van der Waals surface area contributed by atoms with E-state index in [-0.39, 0.29) is 30.6 Å². The number of rotatable bonds is 7. The van der Waals surface area contributed by atoms with Gasteiger partial charge < -0.3 is 14.6 Å². The van der Waals surface area contributed by atoms with E-state index in [1.807, 2.05) is 30.3 Å². The molecule has 1 N–H and O–H groups in total. The summed E-state index contributed by atoms with van der Waals surface area (Å²) in [6.07, 6.45) is 1.53. The minimum absolute atomic E-state index is 0.0934. The van der Waals surface area contributed by atoms with Crippen molar-refractivity contribution in [3.63, 3.8) is 0 Å². The Bertz CT molecular complexity index is 804. The molecule has 128 valence electrons. The highest BCUT2D eigenvalue weighted by Crippen LogP contribution is 2.10. The van der Waals surface area contributed by atoms with Gasteiger partial charge in [-0.15, -0.1) is 5.10 Å². The van der Waals surface area contributed by atoms with Gasteiger partial charge in [-0.05, 0) is 29.2 Å². The van der Waals surface area contributed by atoms with Crippen molar-refractivity contribution in [2.45, 2.75) is 13.1 Å². The van der Waals surface area contributed by atoms with Gasteiger partial charge in [-0.1, -0.05) is 34.8 Å². The van der Waals surface area contributed by atoms with E-state index in [1.54, 1.807) is 17.5 Å². The molecule has 1 aromatic carbocycles. The summed E-state index contributed by atoms with van der Waals surface area (Å²) in [4.78, 5) is 26.2. The molecule has 0 aliphatic carbocycles. The number of nitrogens with zero attached hydrogens (tertiary/aromatic N) is 3. The number of benzene rings is 1. The average molecular weight is 356 g/mol. The van der Waals surface area contributed by atoms with Crippen LogP contribution in [0.2, 0.25) is 0 Å². The van der Waals surface area contributed by atoms with E-state index in [0.717, 1.165) is 17.1 Å². The third-order valence-electron chi connectivity index (χ3n) is 3.46. The number of hydrogen-bond donors (Lipinski definition) is 1. The summed E-state index contributed by atoms with van der Waals surface area (Å²) in [5, 5.41) is 8.15. The summed E-state index contributed by atoms with van der Waals surface area (Å²) in [5.74, 6) is -0.0284. The third kappa shape index (κ3) is 4.74. The van der Waals surface area contributed by atoms with Crippen molar-refractivity contribution in [3.8, 4) is 0 Å². The van der Waals surface area contributed by atoms with E-state index in [1.165, 1.54) is 11.2 Å². The molecule has 0 aliphatic rings. The normalized spacial score (nSPS) is 10.4. The van der Waals surface area contributed by atoms with Gasteiger partial charge in [-0.2, -0.15) is 0 Å². The standard InChI is InChI=1S/C17H16N4O3S/c22-16(18-9-13-5-2-1-3-6-13)11-21(10-14-7-4-8-24-14)17(23)15-12-25-20-19-15/h1-8,12H,9-11H2,(H,18,22). The molecule has 3 aromatic rings. The fourth-order valence-corrected chi connectivity index (χ4v) is 2.67. The van der Waals surface area contributed by atoms with Crippen molar-refractivity contribution in [3.05, 3.63) is 71.1 Å². The molecule has 2 heterocycles. The maximum atomic E-state index is 12.6. The second kappa shape index (κ2) is 8.20. The van der Waals surface area contributed by atoms with Gasteiger partial charge in [0.05, 0.1) is 12.8 Å². The van der Waals surface area contributed by atoms with Crippen LogP contribution >= 0.6 is 11.5 Å². The van der Waals surface area contributed by atoms with E-state index in [4.69, 9.17) is 4.42 Å². The molecule has 0 aliphatic heterocycles. The number of aromatic nitrogens is 2. The monoisotopic (exact) mass is 356 g/mol. The molecule has 2 amide bonds. The SMILES string of the molecule is O=C(CN(Cc1ccco1)C(=O)c1csnn1)NCc1ccccc1. The van der Waals surface area contributed by atoms with Crippen LogP contribution in [-0.4, -0.2) is 32.8 Å². The average Bonchev–Trinajstić information content (AvgIpc) is 3.33. The van der Waals surface area contributed by atoms with Crippen molar-refractivity contribution < 1.29 is 14.0 Å². The first-order valence-electron chi connectivity index (χ1n) is 7.61. The Labute approximate surface area is 148 Å². The zero-order chi connectivity index (χ0) is 17.5. The summed E-state index contributed by atoms with van der Waals surface area (Å²) in [6.45, 7) is 0.493. The Kier molecular flexibility index (Phi) is 5.53. The molecule has 0 saturated heterocycles. The minimum atomic E-state index is -0.361. The maximum absolute atomic E-state index is 12.6. The highest BCUT2D eigenvalue weighted by molar-refractivity contribution is 7.03. The Morgan fingerprint density at radius 2 is 2.00 bits per heavy atom. The maximum Gasteiger partial charge on any atom is 0.276 e. The lowest BCUT2D eigenvalue weighted by Gasteiger charge is -2.20. The molecular weight excluding hydrogens is 340 g/mol. The minimum Gasteiger partial charge on any atom is -0.467 e. The predicted octanol–water partition coefficient (Wildman–Crippen LogP) is 2.09. The lowest BCUT2D eigenvalue weighted by atomic mass is 10.2. The molecule has 0 bridgehead atoms. The van der Waals surface area contributed by atoms with Crippen molar-refractivity contribution in [1.82, 2.24) is 19.8 Å². The molecule has 0 fully saturated rings. The van der Waals surface area contributed by atoms with E-state index < -0.39 is 0 Å². The first-order chi connectivity index (χ1) is 12.2. The summed E-state index contributed by atoms with van der Waals surface area (Å²) < 4.78 is 8.98. The van der Waals surface area contributed by atoms with Crippen LogP contribution < -0.4 is 5.32 Å². The molecule has 3 rings (SSSR count). The molecule has 8 heteroatoms. The van der Waals surface area contributed by atoms with Crippen molar-refractivity contribution in [2.24, 2.45) is 0 Å². The number of hydrogen-bond acceptors (Lipinski definition) is 6. The van der Waals surface area contributed by atoms with Gasteiger partial charge in [0, 0.05) is 11.9 Å². The molecule has 0 unspecified atom stereocenters. The van der Waals surface area contributed by atoms with Crippen LogP contribution in [0, 0.1) is 0 Å². The van der Waals surface area contributed by atoms with Crippen LogP contribution in [0.1, 0.15) is 21.8 Å². The zero-order valence-electron chi connectivity index (χ0n) is 13.3. The van der Waals surface area contributed by atoms with Crippen LogP contribution in [0.15, 0.2) is 58.5 Å². The molecule has 0 radical (unpaired) electrons. The van der Waals surface area contributed by atoms with Crippen LogP contribution in [0.25, 0.3) is 0 Å². The van der Waals surface area contributed by atoms with E-state index in [0.29, 0.717) is 12.3 Å². The number of carbonyl (C=O) groups is 2. The highest BCUT2D eigenvalue weighted by Gasteiger charge is 2.22. The fraction of sp³-hybridized carbons (Fsp3) is 0.176. The van der Waals surface area contributed by atoms with Crippen LogP contribution in [-0.2, 0) is 17.9 Å². The largest absolute Gasteiger partial charge is 0.467 e. The summed E-state index contributed by atoms with van der Waals surface area (Å²) in [5.41, 5.74) is 1.20. The molecule has 25 heavy (non-hydrogen) atoms. The van der Waals surface area contributed by atoms with Gasteiger partial charge in [0.2, 0.25) is 5.91 Å². The fourth-order valence-electron chi connectivity index (χ4n) is 2.24. The van der Waals surface area contributed by atoms with E-state index >= 15 is 0 Å². The molecule has 0 spiro atoms. The predicted molar refractivity (Wildman–Crippen MR) is 91.6 cm³/mol. The van der Waals surface area contributed by atoms with E-state index in [2.05, 4.69) is 14.9 Å². The Hall–Kier alpha value is -3.00. The quantitative estimate of drug-likeness (QED) is 0.700. The molecule has 7 nitrogen and oxygen atoms in total. The molecular formula is C17H16N4O3S. The van der Waals surface area contributed by atoms with Crippen molar-refractivity contribution >= 4 is 23.3 Å². The Morgan fingerprint density at radius 3 is 2.68 bits per heavy atom. The summed E-state index contributed by atoms with van der Waals surface area (Å²) >= 11 is 1.09. The van der Waals surface area contributed by atoms with Gasteiger partial charge in [-0.3, -0.25) is 9.59 Å². The zero-order valence-corrected chi connectivity index (χ0v) is 14.1. The number of nitrogens with one attached hydrogen (secondary N) is 1. The molecule has 0 atom stereocenters. The van der Waals surface area contributed by atoms with Crippen molar-refractivity contribution in [1.29, 1.82) is 0 Å². The lowest BCUT2D eigenvalue weighted by molar-refractivity contribution is -0.122. The highest BCUT2D eigenvalue weighted by atomic mass is 32.1. The van der Waals surface area contributed by atoms with Gasteiger partial charge in [0.1, 0.15) is 12.3 Å². The smallest absolute Gasteiger partial charge is 0.276 e.